The molecule has 0 radical (unpaired) electrons. The second-order valence-electron chi connectivity index (χ2n) is 7.52. The number of aromatic nitrogens is 1. The Labute approximate surface area is 171 Å². The molecule has 1 fully saturated rings. The highest BCUT2D eigenvalue weighted by Gasteiger charge is 2.18. The molecule has 1 N–H and O–H groups in total. The van der Waals surface area contributed by atoms with Gasteiger partial charge in [0.2, 0.25) is 0 Å². The normalized spacial score (nSPS) is 13.6. The number of hydrogen-bond acceptors (Lipinski definition) is 3. The molecule has 1 aliphatic heterocycles. The summed E-state index contributed by atoms with van der Waals surface area (Å²) in [4.78, 5) is 15.4. The molecule has 0 atom stereocenters. The molecule has 150 valence electrons. The summed E-state index contributed by atoms with van der Waals surface area (Å²) >= 11 is 0. The van der Waals surface area contributed by atoms with Crippen molar-refractivity contribution in [2.24, 2.45) is 0 Å². The molecular weight excluding hydrogens is 362 g/mol. The molecule has 5 nitrogen and oxygen atoms in total. The number of methoxy groups -OCH3 is 1. The third-order valence-electron chi connectivity index (χ3n) is 5.58. The largest absolute Gasteiger partial charge is 0.497 e. The van der Waals surface area contributed by atoms with E-state index in [1.807, 2.05) is 56.3 Å². The minimum Gasteiger partial charge on any atom is -0.497 e. The number of carbonyl (C=O) groups is 1. The number of nitrogens with zero attached hydrogens (tertiary/aromatic N) is 2. The zero-order valence-electron chi connectivity index (χ0n) is 17.2. The topological polar surface area (TPSA) is 46.5 Å². The number of benzene rings is 2. The molecule has 0 bridgehead atoms. The lowest BCUT2D eigenvalue weighted by molar-refractivity contribution is 0.102. The minimum atomic E-state index is -0.0866. The van der Waals surface area contributed by atoms with Gasteiger partial charge in [0.15, 0.2) is 0 Å². The highest BCUT2D eigenvalue weighted by Crippen LogP contribution is 2.26. The molecule has 3 aromatic rings. The molecule has 0 spiro atoms. The second kappa shape index (κ2) is 8.03. The van der Waals surface area contributed by atoms with Crippen molar-refractivity contribution in [2.45, 2.75) is 26.7 Å². The molecule has 5 heteroatoms. The number of carbonyl (C=O) groups excluding carboxylic acids is 1. The number of ether oxygens (including phenoxy) is 1. The van der Waals surface area contributed by atoms with E-state index in [1.54, 1.807) is 7.11 Å². The van der Waals surface area contributed by atoms with Crippen LogP contribution in [0.4, 0.5) is 11.4 Å². The zero-order valence-corrected chi connectivity index (χ0v) is 17.2. The number of amides is 1. The molecule has 1 aliphatic rings. The van der Waals surface area contributed by atoms with Gasteiger partial charge in [0.1, 0.15) is 5.75 Å². The summed E-state index contributed by atoms with van der Waals surface area (Å²) < 4.78 is 7.34. The minimum absolute atomic E-state index is 0.0866. The molecule has 2 aromatic carbocycles. The van der Waals surface area contributed by atoms with Crippen LogP contribution >= 0.6 is 0 Å². The first kappa shape index (κ1) is 19.1. The summed E-state index contributed by atoms with van der Waals surface area (Å²) in [6.07, 6.45) is 2.46. The maximum atomic E-state index is 13.0. The van der Waals surface area contributed by atoms with Crippen LogP contribution in [0, 0.1) is 13.8 Å². The lowest BCUT2D eigenvalue weighted by atomic mass is 10.2. The van der Waals surface area contributed by atoms with Gasteiger partial charge in [-0.15, -0.1) is 0 Å². The molecule has 1 aromatic heterocycles. The quantitative estimate of drug-likeness (QED) is 0.671. The van der Waals surface area contributed by atoms with Gasteiger partial charge in [0.25, 0.3) is 5.91 Å². The number of aryl methyl sites for hydroxylation is 1. The van der Waals surface area contributed by atoms with E-state index in [0.717, 1.165) is 41.6 Å². The number of hydrogen-bond donors (Lipinski definition) is 1. The summed E-state index contributed by atoms with van der Waals surface area (Å²) in [5.74, 6) is 0.725. The highest BCUT2D eigenvalue weighted by atomic mass is 16.5. The number of anilines is 2. The van der Waals surface area contributed by atoms with E-state index in [-0.39, 0.29) is 5.91 Å². The van der Waals surface area contributed by atoms with Gasteiger partial charge in [-0.25, -0.2) is 0 Å². The van der Waals surface area contributed by atoms with E-state index >= 15 is 0 Å². The summed E-state index contributed by atoms with van der Waals surface area (Å²) in [5.41, 5.74) is 5.63. The average Bonchev–Trinajstić information content (AvgIpc) is 3.37. The maximum Gasteiger partial charge on any atom is 0.257 e. The molecule has 0 saturated carbocycles. The van der Waals surface area contributed by atoms with Crippen molar-refractivity contribution < 1.29 is 9.53 Å². The zero-order chi connectivity index (χ0) is 20.4. The van der Waals surface area contributed by atoms with E-state index in [0.29, 0.717) is 5.56 Å². The van der Waals surface area contributed by atoms with Gasteiger partial charge in [-0.2, -0.15) is 0 Å². The predicted octanol–water partition coefficient (Wildman–Crippen LogP) is 4.96. The van der Waals surface area contributed by atoms with Gasteiger partial charge in [0, 0.05) is 41.5 Å². The summed E-state index contributed by atoms with van der Waals surface area (Å²) in [6, 6.07) is 17.9. The molecule has 4 rings (SSSR count). The molecule has 0 aliphatic carbocycles. The molecule has 29 heavy (non-hydrogen) atoms. The second-order valence-corrected chi connectivity index (χ2v) is 7.52. The van der Waals surface area contributed by atoms with Crippen LogP contribution in [0.15, 0.2) is 54.6 Å². The summed E-state index contributed by atoms with van der Waals surface area (Å²) in [5, 5.41) is 3.07. The van der Waals surface area contributed by atoms with Crippen molar-refractivity contribution in [3.05, 3.63) is 71.5 Å². The Bertz CT molecular complexity index is 1020. The fourth-order valence-corrected chi connectivity index (χ4v) is 4.08. The maximum absolute atomic E-state index is 13.0. The molecule has 1 saturated heterocycles. The van der Waals surface area contributed by atoms with Crippen molar-refractivity contribution in [1.29, 1.82) is 0 Å². The van der Waals surface area contributed by atoms with Crippen LogP contribution in [0.2, 0.25) is 0 Å². The first-order valence-electron chi connectivity index (χ1n) is 10.1. The fourth-order valence-electron chi connectivity index (χ4n) is 4.08. The molecule has 0 unspecified atom stereocenters. The van der Waals surface area contributed by atoms with E-state index in [2.05, 4.69) is 26.9 Å². The summed E-state index contributed by atoms with van der Waals surface area (Å²) in [6.45, 7) is 6.16. The van der Waals surface area contributed by atoms with Crippen LogP contribution < -0.4 is 15.0 Å². The lowest BCUT2D eigenvalue weighted by Crippen LogP contribution is -2.18. The van der Waals surface area contributed by atoms with Crippen molar-refractivity contribution in [3.8, 4) is 11.4 Å². The van der Waals surface area contributed by atoms with Crippen LogP contribution in [0.3, 0.4) is 0 Å². The molecule has 1 amide bonds. The Morgan fingerprint density at radius 3 is 2.38 bits per heavy atom. The fraction of sp³-hybridized carbons (Fsp3) is 0.292. The molecular formula is C24H27N3O2. The van der Waals surface area contributed by atoms with E-state index < -0.39 is 0 Å². The Morgan fingerprint density at radius 1 is 0.966 bits per heavy atom. The monoisotopic (exact) mass is 389 g/mol. The van der Waals surface area contributed by atoms with Crippen LogP contribution in [0.1, 0.15) is 34.6 Å². The summed E-state index contributed by atoms with van der Waals surface area (Å²) in [7, 11) is 1.66. The third kappa shape index (κ3) is 3.86. The van der Waals surface area contributed by atoms with Crippen molar-refractivity contribution >= 4 is 17.3 Å². The van der Waals surface area contributed by atoms with Crippen molar-refractivity contribution in [1.82, 2.24) is 4.57 Å². The first-order chi connectivity index (χ1) is 14.1. The van der Waals surface area contributed by atoms with Crippen molar-refractivity contribution in [2.75, 3.05) is 30.4 Å². The van der Waals surface area contributed by atoms with Gasteiger partial charge in [-0.05, 0) is 75.2 Å². The Morgan fingerprint density at radius 2 is 1.69 bits per heavy atom. The molecule has 2 heterocycles. The third-order valence-corrected chi connectivity index (χ3v) is 5.58. The number of nitrogens with one attached hydrogen (secondary N) is 1. The van der Waals surface area contributed by atoms with Gasteiger partial charge in [0.05, 0.1) is 12.7 Å². The lowest BCUT2D eigenvalue weighted by Gasteiger charge is -2.18. The van der Waals surface area contributed by atoms with Crippen LogP contribution in [-0.4, -0.2) is 30.7 Å². The average molecular weight is 389 g/mol. The van der Waals surface area contributed by atoms with Crippen LogP contribution in [0.5, 0.6) is 5.75 Å². The van der Waals surface area contributed by atoms with E-state index in [4.69, 9.17) is 4.74 Å². The van der Waals surface area contributed by atoms with E-state index in [1.165, 1.54) is 18.5 Å². The van der Waals surface area contributed by atoms with Gasteiger partial charge < -0.3 is 19.5 Å². The highest BCUT2D eigenvalue weighted by molar-refractivity contribution is 6.05. The van der Waals surface area contributed by atoms with Gasteiger partial charge in [-0.3, -0.25) is 4.79 Å². The van der Waals surface area contributed by atoms with Crippen LogP contribution in [0.25, 0.3) is 5.69 Å². The Balaban J connectivity index is 1.57. The predicted molar refractivity (Wildman–Crippen MR) is 118 cm³/mol. The van der Waals surface area contributed by atoms with Crippen LogP contribution in [-0.2, 0) is 0 Å². The smallest absolute Gasteiger partial charge is 0.257 e. The Kier molecular flexibility index (Phi) is 5.30. The van der Waals surface area contributed by atoms with Gasteiger partial charge in [-0.1, -0.05) is 6.07 Å². The van der Waals surface area contributed by atoms with E-state index in [9.17, 15) is 4.79 Å². The van der Waals surface area contributed by atoms with Crippen molar-refractivity contribution in [3.63, 3.8) is 0 Å². The number of rotatable bonds is 5. The Hall–Kier alpha value is -3.21. The SMILES string of the molecule is COc1ccc(-n2c(C)cc(C(=O)Nc3cccc(N4CCCC4)c3)c2C)cc1. The van der Waals surface area contributed by atoms with Gasteiger partial charge >= 0.3 is 0 Å². The first-order valence-corrected chi connectivity index (χ1v) is 10.1. The standard InChI is InChI=1S/C24H27N3O2/c1-17-15-23(18(2)27(17)20-9-11-22(29-3)12-10-20)24(28)25-19-7-6-8-21(16-19)26-13-4-5-14-26/h6-12,15-16H,4-5,13-14H2,1-3H3,(H,25,28).